The predicted octanol–water partition coefficient (Wildman–Crippen LogP) is 4.07. The molecular formula is C24H28BrFN4O3. The van der Waals surface area contributed by atoms with Gasteiger partial charge in [-0.25, -0.2) is 9.18 Å². The van der Waals surface area contributed by atoms with E-state index in [1.807, 2.05) is 20.8 Å². The van der Waals surface area contributed by atoms with E-state index < -0.39 is 11.0 Å². The molecule has 3 aliphatic heterocycles. The molecule has 1 aromatic carbocycles. The molecule has 2 aromatic rings. The number of likely N-dealkylation sites (N-methyl/N-ethyl adjacent to an activating group) is 1. The van der Waals surface area contributed by atoms with Gasteiger partial charge in [0.15, 0.2) is 0 Å². The first-order chi connectivity index (χ1) is 15.5. The number of carbonyl (C=O) groups excluding carboxylic acids is 2. The molecule has 0 N–H and O–H groups in total. The third-order valence-electron chi connectivity index (χ3n) is 7.02. The number of hydrogen-bond acceptors (Lipinski definition) is 5. The topological polar surface area (TPSA) is 66.0 Å². The summed E-state index contributed by atoms with van der Waals surface area (Å²) in [4.78, 5) is 36.0. The normalized spacial score (nSPS) is 21.0. The molecule has 2 amide bonds. The summed E-state index contributed by atoms with van der Waals surface area (Å²) in [5.74, 6) is -0.302. The number of amides is 2. The summed E-state index contributed by atoms with van der Waals surface area (Å²) < 4.78 is 20.0. The zero-order valence-corrected chi connectivity index (χ0v) is 20.9. The van der Waals surface area contributed by atoms with Crippen molar-refractivity contribution in [3.8, 4) is 0 Å². The van der Waals surface area contributed by atoms with Gasteiger partial charge in [0.05, 0.1) is 21.9 Å². The second-order valence-electron chi connectivity index (χ2n) is 10.4. The minimum Gasteiger partial charge on any atom is -0.444 e. The van der Waals surface area contributed by atoms with E-state index in [1.54, 1.807) is 29.1 Å². The number of carbonyl (C=O) groups is 2. The molecule has 4 heterocycles. The van der Waals surface area contributed by atoms with E-state index >= 15 is 0 Å². The van der Waals surface area contributed by atoms with Crippen molar-refractivity contribution < 1.29 is 18.7 Å². The Balaban J connectivity index is 1.35. The monoisotopic (exact) mass is 518 g/mol. The summed E-state index contributed by atoms with van der Waals surface area (Å²) in [5.41, 5.74) is 1.16. The van der Waals surface area contributed by atoms with E-state index in [0.29, 0.717) is 42.2 Å². The van der Waals surface area contributed by atoms with Gasteiger partial charge in [-0.2, -0.15) is 0 Å². The molecule has 0 unspecified atom stereocenters. The maximum atomic E-state index is 14.1. The number of anilines is 1. The highest BCUT2D eigenvalue weighted by Gasteiger charge is 2.59. The molecule has 5 rings (SSSR count). The number of likely N-dealkylation sites (tertiary alicyclic amines) is 2. The number of ether oxygens (including phenoxy) is 1. The van der Waals surface area contributed by atoms with Crippen LogP contribution < -0.4 is 4.90 Å². The maximum Gasteiger partial charge on any atom is 0.410 e. The van der Waals surface area contributed by atoms with Gasteiger partial charge in [0.25, 0.3) is 0 Å². The van der Waals surface area contributed by atoms with Crippen molar-refractivity contribution in [2.45, 2.75) is 50.7 Å². The summed E-state index contributed by atoms with van der Waals surface area (Å²) in [6.07, 6.45) is 3.11. The standard InChI is InChI=1S/C24H28BrFN4O3/c1-23(2,3)33-22(32)29-7-5-14(6-8-29)30-12-24(13-30)20-15-9-16(25)17(26)10-18(15)27-11-19(20)28(4)21(24)31/h9-11,14H,5-8,12-13H2,1-4H3. The minimum absolute atomic E-state index is 0.0645. The third kappa shape index (κ3) is 3.60. The molecule has 0 saturated carbocycles. The van der Waals surface area contributed by atoms with Gasteiger partial charge in [-0.05, 0) is 55.6 Å². The molecule has 0 radical (unpaired) electrons. The first kappa shape index (κ1) is 22.5. The van der Waals surface area contributed by atoms with Crippen molar-refractivity contribution in [1.29, 1.82) is 0 Å². The van der Waals surface area contributed by atoms with Crippen molar-refractivity contribution in [2.75, 3.05) is 38.1 Å². The van der Waals surface area contributed by atoms with Crippen LogP contribution in [0.2, 0.25) is 0 Å². The van der Waals surface area contributed by atoms with Crippen LogP contribution in [0.15, 0.2) is 22.8 Å². The molecule has 3 aliphatic rings. The van der Waals surface area contributed by atoms with Crippen LogP contribution in [-0.4, -0.2) is 71.7 Å². The number of nitrogens with zero attached hydrogens (tertiary/aromatic N) is 4. The number of hydrogen-bond donors (Lipinski definition) is 0. The average molecular weight is 519 g/mol. The van der Waals surface area contributed by atoms with Crippen LogP contribution in [0.5, 0.6) is 0 Å². The zero-order valence-electron chi connectivity index (χ0n) is 19.3. The summed E-state index contributed by atoms with van der Waals surface area (Å²) in [7, 11) is 1.78. The van der Waals surface area contributed by atoms with E-state index in [1.165, 1.54) is 6.07 Å². The summed E-state index contributed by atoms with van der Waals surface area (Å²) >= 11 is 3.29. The second kappa shape index (κ2) is 7.63. The third-order valence-corrected chi connectivity index (χ3v) is 7.63. The Morgan fingerprint density at radius 3 is 2.55 bits per heavy atom. The van der Waals surface area contributed by atoms with Gasteiger partial charge in [-0.15, -0.1) is 0 Å². The summed E-state index contributed by atoms with van der Waals surface area (Å²) in [6, 6.07) is 3.47. The lowest BCUT2D eigenvalue weighted by Crippen LogP contribution is -2.67. The van der Waals surface area contributed by atoms with Crippen LogP contribution in [-0.2, 0) is 14.9 Å². The molecule has 7 nitrogen and oxygen atoms in total. The van der Waals surface area contributed by atoms with Gasteiger partial charge in [-0.1, -0.05) is 0 Å². The molecule has 2 saturated heterocycles. The van der Waals surface area contributed by atoms with Crippen molar-refractivity contribution in [3.63, 3.8) is 0 Å². The highest BCUT2D eigenvalue weighted by molar-refractivity contribution is 9.10. The Labute approximate surface area is 201 Å². The molecule has 1 spiro atoms. The Kier molecular flexibility index (Phi) is 5.21. The second-order valence-corrected chi connectivity index (χ2v) is 11.2. The molecule has 176 valence electrons. The van der Waals surface area contributed by atoms with E-state index in [2.05, 4.69) is 25.8 Å². The van der Waals surface area contributed by atoms with Crippen LogP contribution in [0, 0.1) is 5.82 Å². The van der Waals surface area contributed by atoms with Gasteiger partial charge >= 0.3 is 6.09 Å². The molecule has 9 heteroatoms. The fraction of sp³-hybridized carbons (Fsp3) is 0.542. The summed E-state index contributed by atoms with van der Waals surface area (Å²) in [5, 5.41) is 0.817. The maximum absolute atomic E-state index is 14.1. The first-order valence-electron chi connectivity index (χ1n) is 11.3. The molecular weight excluding hydrogens is 491 g/mol. The van der Waals surface area contributed by atoms with Gasteiger partial charge in [-0.3, -0.25) is 14.7 Å². The first-order valence-corrected chi connectivity index (χ1v) is 12.1. The summed E-state index contributed by atoms with van der Waals surface area (Å²) in [6.45, 7) is 8.15. The van der Waals surface area contributed by atoms with Crippen molar-refractivity contribution in [1.82, 2.24) is 14.8 Å². The minimum atomic E-state index is -0.634. The number of halogens is 2. The lowest BCUT2D eigenvalue weighted by atomic mass is 9.72. The lowest BCUT2D eigenvalue weighted by Gasteiger charge is -2.52. The van der Waals surface area contributed by atoms with E-state index in [4.69, 9.17) is 4.74 Å². The molecule has 0 aliphatic carbocycles. The van der Waals surface area contributed by atoms with E-state index in [-0.39, 0.29) is 17.8 Å². The fourth-order valence-corrected chi connectivity index (χ4v) is 5.75. The molecule has 0 bridgehead atoms. The van der Waals surface area contributed by atoms with Crippen LogP contribution in [0.3, 0.4) is 0 Å². The fourth-order valence-electron chi connectivity index (χ4n) is 5.41. The van der Waals surface area contributed by atoms with E-state index in [9.17, 15) is 14.0 Å². The van der Waals surface area contributed by atoms with Gasteiger partial charge in [0.1, 0.15) is 16.8 Å². The Morgan fingerprint density at radius 2 is 1.91 bits per heavy atom. The number of pyridine rings is 1. The van der Waals surface area contributed by atoms with E-state index in [0.717, 1.165) is 29.5 Å². The smallest absolute Gasteiger partial charge is 0.410 e. The lowest BCUT2D eigenvalue weighted by molar-refractivity contribution is -0.131. The predicted molar refractivity (Wildman–Crippen MR) is 127 cm³/mol. The van der Waals surface area contributed by atoms with Crippen molar-refractivity contribution in [2.24, 2.45) is 0 Å². The zero-order chi connectivity index (χ0) is 23.7. The van der Waals surface area contributed by atoms with Crippen LogP contribution in [0.1, 0.15) is 39.2 Å². The highest BCUT2D eigenvalue weighted by atomic mass is 79.9. The van der Waals surface area contributed by atoms with Gasteiger partial charge < -0.3 is 14.5 Å². The Hall–Kier alpha value is -2.26. The Morgan fingerprint density at radius 1 is 1.24 bits per heavy atom. The molecule has 1 aromatic heterocycles. The number of aromatic nitrogens is 1. The Bertz CT molecular complexity index is 1150. The average Bonchev–Trinajstić information content (AvgIpc) is 2.95. The van der Waals surface area contributed by atoms with Crippen LogP contribution >= 0.6 is 15.9 Å². The number of piperidine rings is 1. The SMILES string of the molecule is CN1C(=O)C2(CN(C3CCN(C(=O)OC(C)(C)C)CC3)C2)c2c1cnc1cc(F)c(Br)cc21. The molecule has 2 fully saturated rings. The van der Waals surface area contributed by atoms with Crippen molar-refractivity contribution in [3.05, 3.63) is 34.2 Å². The highest BCUT2D eigenvalue weighted by Crippen LogP contribution is 2.50. The number of benzene rings is 1. The quantitative estimate of drug-likeness (QED) is 0.569. The van der Waals surface area contributed by atoms with Crippen molar-refractivity contribution >= 4 is 44.5 Å². The largest absolute Gasteiger partial charge is 0.444 e. The van der Waals surface area contributed by atoms with Crippen LogP contribution in [0.25, 0.3) is 10.9 Å². The molecule has 33 heavy (non-hydrogen) atoms. The van der Waals surface area contributed by atoms with Gasteiger partial charge in [0, 0.05) is 56.3 Å². The van der Waals surface area contributed by atoms with Crippen LogP contribution in [0.4, 0.5) is 14.9 Å². The van der Waals surface area contributed by atoms with Gasteiger partial charge in [0.2, 0.25) is 5.91 Å². The number of fused-ring (bicyclic) bond motifs is 4. The molecule has 0 atom stereocenters. The number of rotatable bonds is 1.